The van der Waals surface area contributed by atoms with Gasteiger partial charge in [0.2, 0.25) is 0 Å². The van der Waals surface area contributed by atoms with E-state index in [9.17, 15) is 0 Å². The topological polar surface area (TPSA) is 17.1 Å². The fraction of sp³-hybridized carbons (Fsp3) is 1.00. The van der Waals surface area contributed by atoms with E-state index in [1.807, 2.05) is 0 Å². The summed E-state index contributed by atoms with van der Waals surface area (Å²) in [5.74, 6) is 0. The van der Waals surface area contributed by atoms with Crippen LogP contribution in [0.5, 0.6) is 0 Å². The van der Waals surface area contributed by atoms with Crippen molar-refractivity contribution in [2.45, 2.75) is 0 Å². The van der Waals surface area contributed by atoms with Gasteiger partial charge in [-0.2, -0.15) is 0 Å². The summed E-state index contributed by atoms with van der Waals surface area (Å²) < 4.78 is 8.85. The molecule has 0 aliphatic carbocycles. The quantitative estimate of drug-likeness (QED) is 0.220. The first-order valence-corrected chi connectivity index (χ1v) is 1.72. The van der Waals surface area contributed by atoms with Crippen molar-refractivity contribution in [3.8, 4) is 0 Å². The molecule has 0 aliphatic rings. The summed E-state index contributed by atoms with van der Waals surface area (Å²) in [5, 5.41) is 0. The molecule has 4 heavy (non-hydrogen) atoms. The van der Waals surface area contributed by atoms with E-state index in [0.29, 0.717) is 11.7 Å². The molecule has 0 spiro atoms. The van der Waals surface area contributed by atoms with Gasteiger partial charge >= 0.3 is 18.9 Å². The third-order valence-corrected chi connectivity index (χ3v) is 0. The van der Waals surface area contributed by atoms with Crippen molar-refractivity contribution in [1.82, 2.24) is 0 Å². The number of rotatable bonds is 0. The van der Waals surface area contributed by atoms with E-state index >= 15 is 0 Å². The second kappa shape index (κ2) is 9.26. The van der Waals surface area contributed by atoms with Crippen LogP contribution in [-0.4, -0.2) is 6.26 Å². The molecule has 0 atom stereocenters. The maximum Gasteiger partial charge on any atom is 1.00 e. The molecule has 0 N–H and O–H groups in total. The third-order valence-electron chi connectivity index (χ3n) is 0. The summed E-state index contributed by atoms with van der Waals surface area (Å²) in [6.07, 6.45) is 1.49. The Balaban J connectivity index is 0. The predicted octanol–water partition coefficient (Wildman–Crippen LogP) is -2.95. The van der Waals surface area contributed by atoms with Crippen LogP contribution in [0.15, 0.2) is 0 Å². The van der Waals surface area contributed by atoms with Crippen molar-refractivity contribution in [1.29, 1.82) is 0 Å². The molecule has 1 nitrogen and oxygen atoms in total. The van der Waals surface area contributed by atoms with Gasteiger partial charge < -0.3 is 15.9 Å². The molecule has 0 rings (SSSR count). The Kier molecular flexibility index (Phi) is 20.5. The van der Waals surface area contributed by atoms with E-state index < -0.39 is 0 Å². The molecule has 0 unspecified atom stereocenters. The molecular weight excluding hydrogens is 67.0 g/mol. The summed E-state index contributed by atoms with van der Waals surface area (Å²) >= 11 is 0.500. The smallest absolute Gasteiger partial charge is 0.485 e. The van der Waals surface area contributed by atoms with Gasteiger partial charge in [0.15, 0.2) is 0 Å². The molecule has 0 amide bonds. The first-order valence-electron chi connectivity index (χ1n) is 0.575. The molecule has 0 aromatic carbocycles. The molecule has 0 radical (unpaired) electrons. The minimum Gasteiger partial charge on any atom is -0.485 e. The van der Waals surface area contributed by atoms with Crippen LogP contribution in [0.4, 0.5) is 0 Å². The van der Waals surface area contributed by atoms with Crippen molar-refractivity contribution >= 4 is 11.7 Å². The van der Waals surface area contributed by atoms with Crippen LogP contribution in [0.2, 0.25) is 0 Å². The van der Waals surface area contributed by atoms with E-state index in [-0.39, 0.29) is 18.9 Å². The Morgan fingerprint density at radius 2 is 1.75 bits per heavy atom. The molecule has 0 bridgehead atoms. The second-order valence-electron chi connectivity index (χ2n) is 0.167. The molecule has 0 saturated heterocycles. The van der Waals surface area contributed by atoms with Crippen molar-refractivity contribution < 1.29 is 23.1 Å². The molecule has 20 valence electrons. The molecule has 3 heteroatoms. The van der Waals surface area contributed by atoms with Crippen LogP contribution in [0.1, 0.15) is 0 Å². The maximum absolute atomic E-state index is 8.85. The molecule has 0 aromatic heterocycles. The zero-order valence-electron chi connectivity index (χ0n) is 2.82. The fourth-order valence-electron chi connectivity index (χ4n) is 0. The van der Waals surface area contributed by atoms with Crippen LogP contribution < -0.4 is 18.9 Å². The van der Waals surface area contributed by atoms with Crippen LogP contribution in [0.3, 0.4) is 0 Å². The normalized spacial score (nSPS) is 4.25. The average Bonchev–Trinajstić information content (AvgIpc) is 0.918. The Hall–Kier alpha value is 0.747. The van der Waals surface area contributed by atoms with E-state index in [1.165, 1.54) is 6.26 Å². The molecular formula is CH3LiOS. The summed E-state index contributed by atoms with van der Waals surface area (Å²) in [6, 6.07) is 0. The Morgan fingerprint density at radius 1 is 1.75 bits per heavy atom. The van der Waals surface area contributed by atoms with E-state index in [0.717, 1.165) is 0 Å². The zero-order valence-corrected chi connectivity index (χ0v) is 3.63. The summed E-state index contributed by atoms with van der Waals surface area (Å²) in [5.41, 5.74) is 0. The van der Waals surface area contributed by atoms with Gasteiger partial charge in [-0.15, -0.1) is 6.26 Å². The zero-order chi connectivity index (χ0) is 2.71. The molecule has 0 saturated carbocycles. The maximum atomic E-state index is 8.85. The predicted molar refractivity (Wildman–Crippen MR) is 14.0 cm³/mol. The van der Waals surface area contributed by atoms with Crippen molar-refractivity contribution in [2.24, 2.45) is 0 Å². The fourth-order valence-corrected chi connectivity index (χ4v) is 0. The van der Waals surface area contributed by atoms with E-state index in [1.54, 1.807) is 0 Å². The van der Waals surface area contributed by atoms with E-state index in [2.05, 4.69) is 0 Å². The van der Waals surface area contributed by atoms with Crippen molar-refractivity contribution in [3.05, 3.63) is 0 Å². The summed E-state index contributed by atoms with van der Waals surface area (Å²) in [4.78, 5) is 0. The monoisotopic (exact) mass is 70.0 g/mol. The van der Waals surface area contributed by atoms with Gasteiger partial charge in [0.25, 0.3) is 0 Å². The summed E-state index contributed by atoms with van der Waals surface area (Å²) in [6.45, 7) is 0. The third kappa shape index (κ3) is 15.0. The Bertz CT molecular complexity index is 15.5. The van der Waals surface area contributed by atoms with Crippen molar-refractivity contribution in [3.63, 3.8) is 0 Å². The van der Waals surface area contributed by atoms with Gasteiger partial charge in [-0.1, -0.05) is 0 Å². The molecule has 0 aliphatic heterocycles. The Morgan fingerprint density at radius 3 is 1.75 bits per heavy atom. The van der Waals surface area contributed by atoms with Gasteiger partial charge in [-0.3, -0.25) is 0 Å². The number of hydrogen-bond acceptors (Lipinski definition) is 2. The SMILES string of the molecule is C[S-]=O.[Li+]. The molecule has 0 aromatic rings. The van der Waals surface area contributed by atoms with Gasteiger partial charge in [-0.25, -0.2) is 0 Å². The van der Waals surface area contributed by atoms with E-state index in [4.69, 9.17) is 4.21 Å². The van der Waals surface area contributed by atoms with Gasteiger partial charge in [0.05, 0.1) is 0 Å². The first kappa shape index (κ1) is 8.83. The van der Waals surface area contributed by atoms with Crippen LogP contribution in [0.25, 0.3) is 0 Å². The second-order valence-corrected chi connectivity index (χ2v) is 0.500. The first-order chi connectivity index (χ1) is 1.41. The minimum atomic E-state index is 0. The molecule has 0 heterocycles. The standard InChI is InChI=1S/CH3OS.Li/c1-3-2;/h1H3;/q-1;+1. The van der Waals surface area contributed by atoms with Crippen LogP contribution >= 0.6 is 0 Å². The van der Waals surface area contributed by atoms with Gasteiger partial charge in [0, 0.05) is 0 Å². The Labute approximate surface area is 41.4 Å². The number of hydrogen-bond donors (Lipinski definition) is 0. The van der Waals surface area contributed by atoms with Crippen LogP contribution in [0, 0.1) is 0 Å². The average molecular weight is 70.0 g/mol. The summed E-state index contributed by atoms with van der Waals surface area (Å²) in [7, 11) is 0. The minimum absolute atomic E-state index is 0. The van der Waals surface area contributed by atoms with Crippen LogP contribution in [-0.2, 0) is 15.9 Å². The molecule has 0 fully saturated rings. The van der Waals surface area contributed by atoms with Crippen molar-refractivity contribution in [2.75, 3.05) is 6.26 Å². The van der Waals surface area contributed by atoms with Gasteiger partial charge in [-0.05, 0) is 0 Å². The largest absolute Gasteiger partial charge is 1.00 e. The van der Waals surface area contributed by atoms with Gasteiger partial charge in [0.1, 0.15) is 0 Å².